The lowest BCUT2D eigenvalue weighted by Gasteiger charge is -2.43. The molecule has 6 heteroatoms. The minimum atomic E-state index is -2.93. The molecule has 0 amide bonds. The standard InChI is InChI=1S/C14H21FN2O2S/c1-17(10-12-4-2-3-5-13(12)15)14(11-16)6-8-20(18,19)9-7-14/h2-5H,6-11,16H2,1H3. The van der Waals surface area contributed by atoms with Crippen LogP contribution in [0, 0.1) is 5.82 Å². The number of hydrogen-bond donors (Lipinski definition) is 1. The van der Waals surface area contributed by atoms with Gasteiger partial charge in [-0.15, -0.1) is 0 Å². The van der Waals surface area contributed by atoms with Gasteiger partial charge in [-0.05, 0) is 26.0 Å². The van der Waals surface area contributed by atoms with Gasteiger partial charge in [-0.1, -0.05) is 18.2 Å². The van der Waals surface area contributed by atoms with Crippen LogP contribution < -0.4 is 5.73 Å². The highest BCUT2D eigenvalue weighted by Gasteiger charge is 2.39. The summed E-state index contributed by atoms with van der Waals surface area (Å²) in [6.07, 6.45) is 1.02. The zero-order valence-corrected chi connectivity index (χ0v) is 12.5. The number of likely N-dealkylation sites (N-methyl/N-ethyl adjacent to an activating group) is 1. The van der Waals surface area contributed by atoms with Crippen LogP contribution in [0.5, 0.6) is 0 Å². The van der Waals surface area contributed by atoms with Crippen molar-refractivity contribution in [2.45, 2.75) is 24.9 Å². The molecule has 0 spiro atoms. The van der Waals surface area contributed by atoms with Gasteiger partial charge >= 0.3 is 0 Å². The van der Waals surface area contributed by atoms with E-state index in [9.17, 15) is 12.8 Å². The van der Waals surface area contributed by atoms with Crippen LogP contribution in [0.2, 0.25) is 0 Å². The van der Waals surface area contributed by atoms with Crippen LogP contribution in [0.1, 0.15) is 18.4 Å². The van der Waals surface area contributed by atoms with Crippen molar-refractivity contribution in [3.8, 4) is 0 Å². The lowest BCUT2D eigenvalue weighted by atomic mass is 9.90. The summed E-state index contributed by atoms with van der Waals surface area (Å²) in [5.41, 5.74) is 6.14. The highest BCUT2D eigenvalue weighted by Crippen LogP contribution is 2.29. The molecule has 20 heavy (non-hydrogen) atoms. The second-order valence-electron chi connectivity index (χ2n) is 5.53. The molecule has 0 unspecified atom stereocenters. The van der Waals surface area contributed by atoms with Crippen LogP contribution in [0.15, 0.2) is 24.3 Å². The summed E-state index contributed by atoms with van der Waals surface area (Å²) in [4.78, 5) is 2.00. The molecule has 1 aliphatic rings. The number of halogens is 1. The minimum Gasteiger partial charge on any atom is -0.329 e. The molecular formula is C14H21FN2O2S. The van der Waals surface area contributed by atoms with Gasteiger partial charge < -0.3 is 5.73 Å². The summed E-state index contributed by atoms with van der Waals surface area (Å²) in [7, 11) is -1.05. The van der Waals surface area contributed by atoms with E-state index in [1.807, 2.05) is 11.9 Å². The zero-order chi connectivity index (χ0) is 14.8. The van der Waals surface area contributed by atoms with Gasteiger partial charge in [0.1, 0.15) is 15.7 Å². The Morgan fingerprint density at radius 2 is 1.90 bits per heavy atom. The number of rotatable bonds is 4. The van der Waals surface area contributed by atoms with E-state index in [0.717, 1.165) is 0 Å². The van der Waals surface area contributed by atoms with Crippen molar-refractivity contribution >= 4 is 9.84 Å². The Balaban J connectivity index is 2.14. The third kappa shape index (κ3) is 3.19. The maximum atomic E-state index is 13.7. The summed E-state index contributed by atoms with van der Waals surface area (Å²) in [6.45, 7) is 0.817. The summed E-state index contributed by atoms with van der Waals surface area (Å²) >= 11 is 0. The number of benzene rings is 1. The topological polar surface area (TPSA) is 63.4 Å². The Morgan fingerprint density at radius 1 is 1.30 bits per heavy atom. The van der Waals surface area contributed by atoms with Gasteiger partial charge in [0.25, 0.3) is 0 Å². The zero-order valence-electron chi connectivity index (χ0n) is 11.7. The lowest BCUT2D eigenvalue weighted by Crippen LogP contribution is -2.56. The van der Waals surface area contributed by atoms with Gasteiger partial charge in [0.05, 0.1) is 11.5 Å². The molecule has 112 valence electrons. The van der Waals surface area contributed by atoms with E-state index in [0.29, 0.717) is 31.5 Å². The molecular weight excluding hydrogens is 279 g/mol. The van der Waals surface area contributed by atoms with Crippen LogP contribution in [0.3, 0.4) is 0 Å². The second kappa shape index (κ2) is 5.79. The number of sulfone groups is 1. The van der Waals surface area contributed by atoms with Gasteiger partial charge in [-0.25, -0.2) is 12.8 Å². The quantitative estimate of drug-likeness (QED) is 0.906. The summed E-state index contributed by atoms with van der Waals surface area (Å²) in [5.74, 6) is 0.0763. The summed E-state index contributed by atoms with van der Waals surface area (Å²) in [6, 6.07) is 6.64. The molecule has 0 aliphatic carbocycles. The SMILES string of the molecule is CN(Cc1ccccc1F)C1(CN)CCS(=O)(=O)CC1. The molecule has 1 aromatic rings. The van der Waals surface area contributed by atoms with Crippen LogP contribution in [-0.2, 0) is 16.4 Å². The smallest absolute Gasteiger partial charge is 0.150 e. The molecule has 1 heterocycles. The first-order chi connectivity index (χ1) is 9.38. The van der Waals surface area contributed by atoms with Crippen molar-refractivity contribution < 1.29 is 12.8 Å². The third-order valence-corrected chi connectivity index (χ3v) is 5.96. The van der Waals surface area contributed by atoms with E-state index in [1.54, 1.807) is 18.2 Å². The predicted octanol–water partition coefficient (Wildman–Crippen LogP) is 1.16. The average molecular weight is 300 g/mol. The Kier molecular flexibility index (Phi) is 4.46. The molecule has 2 rings (SSSR count). The Hall–Kier alpha value is -0.980. The molecule has 4 nitrogen and oxygen atoms in total. The van der Waals surface area contributed by atoms with Crippen molar-refractivity contribution in [2.75, 3.05) is 25.1 Å². The molecule has 1 aliphatic heterocycles. The van der Waals surface area contributed by atoms with Crippen molar-refractivity contribution in [2.24, 2.45) is 5.73 Å². The van der Waals surface area contributed by atoms with E-state index in [-0.39, 0.29) is 22.9 Å². The number of nitrogens with zero attached hydrogens (tertiary/aromatic N) is 1. The van der Waals surface area contributed by atoms with E-state index in [2.05, 4.69) is 0 Å². The molecule has 1 saturated heterocycles. The molecule has 1 aromatic carbocycles. The monoisotopic (exact) mass is 300 g/mol. The molecule has 1 fully saturated rings. The highest BCUT2D eigenvalue weighted by atomic mass is 32.2. The maximum absolute atomic E-state index is 13.7. The Labute approximate surface area is 119 Å². The maximum Gasteiger partial charge on any atom is 0.150 e. The van der Waals surface area contributed by atoms with E-state index in [1.165, 1.54) is 6.07 Å². The average Bonchev–Trinajstić information content (AvgIpc) is 2.42. The Bertz CT molecular complexity index is 560. The van der Waals surface area contributed by atoms with Gasteiger partial charge in [0.2, 0.25) is 0 Å². The van der Waals surface area contributed by atoms with Gasteiger partial charge in [-0.2, -0.15) is 0 Å². The molecule has 0 saturated carbocycles. The van der Waals surface area contributed by atoms with Crippen molar-refractivity contribution in [3.63, 3.8) is 0 Å². The normalized spacial score (nSPS) is 21.0. The van der Waals surface area contributed by atoms with Gasteiger partial charge in [-0.3, -0.25) is 4.90 Å². The number of nitrogens with two attached hydrogens (primary N) is 1. The largest absolute Gasteiger partial charge is 0.329 e. The van der Waals surface area contributed by atoms with Crippen LogP contribution in [-0.4, -0.2) is 44.0 Å². The first-order valence-electron chi connectivity index (χ1n) is 6.74. The molecule has 0 atom stereocenters. The van der Waals surface area contributed by atoms with Gasteiger partial charge in [0, 0.05) is 24.2 Å². The fraction of sp³-hybridized carbons (Fsp3) is 0.571. The fourth-order valence-corrected chi connectivity index (χ4v) is 4.30. The van der Waals surface area contributed by atoms with Crippen LogP contribution in [0.25, 0.3) is 0 Å². The molecule has 2 N–H and O–H groups in total. The first kappa shape index (κ1) is 15.4. The summed E-state index contributed by atoms with van der Waals surface area (Å²) in [5, 5.41) is 0. The molecule has 0 radical (unpaired) electrons. The van der Waals surface area contributed by atoms with Gasteiger partial charge in [0.15, 0.2) is 0 Å². The molecule has 0 bridgehead atoms. The summed E-state index contributed by atoms with van der Waals surface area (Å²) < 4.78 is 36.9. The van der Waals surface area contributed by atoms with Crippen molar-refractivity contribution in [1.29, 1.82) is 0 Å². The van der Waals surface area contributed by atoms with E-state index in [4.69, 9.17) is 5.73 Å². The van der Waals surface area contributed by atoms with Crippen molar-refractivity contribution in [1.82, 2.24) is 4.90 Å². The fourth-order valence-electron chi connectivity index (χ4n) is 2.71. The third-order valence-electron chi connectivity index (χ3n) is 4.31. The minimum absolute atomic E-state index is 0.159. The van der Waals surface area contributed by atoms with E-state index >= 15 is 0 Å². The number of hydrogen-bond acceptors (Lipinski definition) is 4. The van der Waals surface area contributed by atoms with Crippen molar-refractivity contribution in [3.05, 3.63) is 35.6 Å². The highest BCUT2D eigenvalue weighted by molar-refractivity contribution is 7.91. The predicted molar refractivity (Wildman–Crippen MR) is 77.5 cm³/mol. The van der Waals surface area contributed by atoms with Crippen LogP contribution in [0.4, 0.5) is 4.39 Å². The van der Waals surface area contributed by atoms with E-state index < -0.39 is 9.84 Å². The Morgan fingerprint density at radius 3 is 2.45 bits per heavy atom. The van der Waals surface area contributed by atoms with Crippen LogP contribution >= 0.6 is 0 Å². The molecule has 0 aromatic heterocycles. The second-order valence-corrected chi connectivity index (χ2v) is 7.83. The first-order valence-corrected chi connectivity index (χ1v) is 8.56. The lowest BCUT2D eigenvalue weighted by molar-refractivity contribution is 0.104.